The Kier molecular flexibility index (Phi) is 5.88. The van der Waals surface area contributed by atoms with Gasteiger partial charge in [-0.2, -0.15) is 0 Å². The van der Waals surface area contributed by atoms with Gasteiger partial charge in [-0.05, 0) is 32.1 Å². The Morgan fingerprint density at radius 3 is 2.82 bits per heavy atom. The Hall–Kier alpha value is -0.650. The Morgan fingerprint density at radius 2 is 2.24 bits per heavy atom. The first-order valence-electron chi connectivity index (χ1n) is 5.39. The summed E-state index contributed by atoms with van der Waals surface area (Å²) < 4.78 is 0. The maximum Gasteiger partial charge on any atom is 0.133 e. The second-order valence-corrected chi connectivity index (χ2v) is 4.99. The lowest BCUT2D eigenvalue weighted by Gasteiger charge is -2.20. The number of nitrogens with zero attached hydrogens (tertiary/aromatic N) is 2. The van der Waals surface area contributed by atoms with E-state index in [9.17, 15) is 0 Å². The molecule has 1 aliphatic heterocycles. The maximum absolute atomic E-state index is 5.37. The van der Waals surface area contributed by atoms with E-state index in [0.29, 0.717) is 4.99 Å². The molecule has 0 amide bonds. The molecule has 0 atom stereocenters. The third-order valence-electron chi connectivity index (χ3n) is 2.66. The molecule has 0 N–H and O–H groups in total. The second kappa shape index (κ2) is 6.93. The van der Waals surface area contributed by atoms with Gasteiger partial charge < -0.3 is 0 Å². The maximum atomic E-state index is 5.37. The highest BCUT2D eigenvalue weighted by Crippen LogP contribution is 2.20. The number of aliphatic imine (C=N–C) groups is 1. The van der Waals surface area contributed by atoms with Crippen LogP contribution < -0.4 is 0 Å². The minimum Gasteiger partial charge on any atom is -0.276 e. The lowest BCUT2D eigenvalue weighted by atomic mass is 10.0. The van der Waals surface area contributed by atoms with Gasteiger partial charge in [-0.15, -0.1) is 11.8 Å². The van der Waals surface area contributed by atoms with Crippen LogP contribution in [0, 0.1) is 0 Å². The summed E-state index contributed by atoms with van der Waals surface area (Å²) in [7, 11) is 3.42. The van der Waals surface area contributed by atoms with Gasteiger partial charge in [0.2, 0.25) is 0 Å². The number of hydrogen-bond acceptors (Lipinski definition) is 4. The first-order valence-corrected chi connectivity index (χ1v) is 7.02. The molecule has 0 fully saturated rings. The van der Waals surface area contributed by atoms with Crippen molar-refractivity contribution in [2.45, 2.75) is 19.8 Å². The number of hydroxylamine groups is 2. The topological polar surface area (TPSA) is 24.8 Å². The standard InChI is InChI=1S/C12H18N2OS2/c1-9-5-6-11(17-4)13-8-7-10(9)12(16)14(2)15-3/h7-8H,5-6H2,1-4H3/b8-7-,10-9+,13-11-. The lowest BCUT2D eigenvalue weighted by Crippen LogP contribution is -2.25. The molecule has 0 saturated heterocycles. The minimum absolute atomic E-state index is 0.698. The molecule has 0 saturated carbocycles. The zero-order valence-corrected chi connectivity index (χ0v) is 12.3. The smallest absolute Gasteiger partial charge is 0.133 e. The Balaban J connectivity index is 2.94. The third-order valence-corrected chi connectivity index (χ3v) is 3.92. The normalized spacial score (nSPS) is 25.5. The van der Waals surface area contributed by atoms with Crippen LogP contribution in [-0.2, 0) is 4.84 Å². The number of thiocarbonyl (C=S) groups is 1. The fourth-order valence-electron chi connectivity index (χ4n) is 1.49. The monoisotopic (exact) mass is 270 g/mol. The van der Waals surface area contributed by atoms with E-state index in [4.69, 9.17) is 17.1 Å². The molecule has 1 heterocycles. The molecular weight excluding hydrogens is 252 g/mol. The molecule has 94 valence electrons. The highest BCUT2D eigenvalue weighted by molar-refractivity contribution is 8.13. The van der Waals surface area contributed by atoms with Crippen LogP contribution in [0.15, 0.2) is 28.4 Å². The average Bonchev–Trinajstić information content (AvgIpc) is 2.33. The van der Waals surface area contributed by atoms with Gasteiger partial charge in [-0.3, -0.25) is 9.83 Å². The Bertz CT molecular complexity index is 386. The molecule has 0 radical (unpaired) electrons. The van der Waals surface area contributed by atoms with Gasteiger partial charge in [-0.1, -0.05) is 17.8 Å². The molecule has 0 spiro atoms. The van der Waals surface area contributed by atoms with Crippen molar-refractivity contribution >= 4 is 34.0 Å². The number of allylic oxidation sites excluding steroid dienone is 1. The summed E-state index contributed by atoms with van der Waals surface area (Å²) in [6, 6.07) is 0. The summed E-state index contributed by atoms with van der Waals surface area (Å²) in [6.07, 6.45) is 7.79. The van der Waals surface area contributed by atoms with Gasteiger partial charge in [0.1, 0.15) is 4.99 Å². The molecular formula is C12H18N2OS2. The van der Waals surface area contributed by atoms with Gasteiger partial charge in [0.05, 0.1) is 12.2 Å². The predicted octanol–water partition coefficient (Wildman–Crippen LogP) is 3.19. The highest BCUT2D eigenvalue weighted by atomic mass is 32.2. The lowest BCUT2D eigenvalue weighted by molar-refractivity contribution is -0.0386. The van der Waals surface area contributed by atoms with E-state index in [1.807, 2.05) is 19.3 Å². The van der Waals surface area contributed by atoms with Crippen molar-refractivity contribution in [3.8, 4) is 0 Å². The number of rotatable bonds is 2. The van der Waals surface area contributed by atoms with E-state index in [0.717, 1.165) is 23.5 Å². The van der Waals surface area contributed by atoms with Crippen molar-refractivity contribution in [3.05, 3.63) is 23.4 Å². The van der Waals surface area contributed by atoms with Crippen LogP contribution in [0.5, 0.6) is 0 Å². The first kappa shape index (κ1) is 14.4. The largest absolute Gasteiger partial charge is 0.276 e. The summed E-state index contributed by atoms with van der Waals surface area (Å²) in [5.74, 6) is 0. The van der Waals surface area contributed by atoms with E-state index in [-0.39, 0.29) is 0 Å². The van der Waals surface area contributed by atoms with Gasteiger partial charge in [0, 0.05) is 18.8 Å². The van der Waals surface area contributed by atoms with Gasteiger partial charge in [0.25, 0.3) is 0 Å². The van der Waals surface area contributed by atoms with Crippen LogP contribution in [0.4, 0.5) is 0 Å². The fourth-order valence-corrected chi connectivity index (χ4v) is 2.28. The van der Waals surface area contributed by atoms with Crippen LogP contribution in [-0.4, -0.2) is 35.5 Å². The average molecular weight is 270 g/mol. The van der Waals surface area contributed by atoms with Crippen molar-refractivity contribution in [1.82, 2.24) is 5.06 Å². The molecule has 0 bridgehead atoms. The molecule has 0 aromatic carbocycles. The van der Waals surface area contributed by atoms with Crippen molar-refractivity contribution < 1.29 is 4.84 Å². The van der Waals surface area contributed by atoms with E-state index in [2.05, 4.69) is 18.2 Å². The van der Waals surface area contributed by atoms with E-state index >= 15 is 0 Å². The number of hydrogen-bond donors (Lipinski definition) is 0. The van der Waals surface area contributed by atoms with E-state index in [1.54, 1.807) is 23.9 Å². The fraction of sp³-hybridized carbons (Fsp3) is 0.500. The Labute approximate surface area is 113 Å². The SMILES string of the molecule is CON(C)C(=S)C1=C(\C)CC/C(SC)=N/C=C\1. The van der Waals surface area contributed by atoms with E-state index < -0.39 is 0 Å². The number of thioether (sulfide) groups is 1. The molecule has 0 aromatic rings. The van der Waals surface area contributed by atoms with Crippen LogP contribution in [0.1, 0.15) is 19.8 Å². The first-order chi connectivity index (χ1) is 8.10. The summed E-state index contributed by atoms with van der Waals surface area (Å²) in [6.45, 7) is 2.11. The summed E-state index contributed by atoms with van der Waals surface area (Å²) in [5.41, 5.74) is 2.31. The van der Waals surface area contributed by atoms with Crippen molar-refractivity contribution in [2.75, 3.05) is 20.4 Å². The predicted molar refractivity (Wildman–Crippen MR) is 79.4 cm³/mol. The van der Waals surface area contributed by atoms with Gasteiger partial charge in [-0.25, -0.2) is 5.06 Å². The molecule has 0 aromatic heterocycles. The van der Waals surface area contributed by atoms with Crippen molar-refractivity contribution in [3.63, 3.8) is 0 Å². The summed E-state index contributed by atoms with van der Waals surface area (Å²) in [5, 5.41) is 2.75. The summed E-state index contributed by atoms with van der Waals surface area (Å²) in [4.78, 5) is 10.2. The van der Waals surface area contributed by atoms with Gasteiger partial charge >= 0.3 is 0 Å². The molecule has 0 aliphatic carbocycles. The van der Waals surface area contributed by atoms with Crippen LogP contribution in [0.2, 0.25) is 0 Å². The molecule has 17 heavy (non-hydrogen) atoms. The molecule has 1 aliphatic rings. The van der Waals surface area contributed by atoms with Crippen LogP contribution in [0.3, 0.4) is 0 Å². The quantitative estimate of drug-likeness (QED) is 0.568. The zero-order valence-electron chi connectivity index (χ0n) is 10.7. The van der Waals surface area contributed by atoms with Crippen LogP contribution in [0.25, 0.3) is 0 Å². The summed E-state index contributed by atoms with van der Waals surface area (Å²) >= 11 is 7.07. The van der Waals surface area contributed by atoms with Crippen molar-refractivity contribution in [1.29, 1.82) is 0 Å². The second-order valence-electron chi connectivity index (χ2n) is 3.72. The zero-order chi connectivity index (χ0) is 12.8. The van der Waals surface area contributed by atoms with E-state index in [1.165, 1.54) is 5.57 Å². The Morgan fingerprint density at radius 1 is 1.53 bits per heavy atom. The molecule has 5 heteroatoms. The highest BCUT2D eigenvalue weighted by Gasteiger charge is 2.12. The minimum atomic E-state index is 0.698. The molecule has 3 nitrogen and oxygen atoms in total. The number of likely N-dealkylation sites (N-methyl/N-ethyl adjacent to an activating group) is 1. The van der Waals surface area contributed by atoms with Crippen molar-refractivity contribution in [2.24, 2.45) is 4.99 Å². The van der Waals surface area contributed by atoms with Gasteiger partial charge in [0.15, 0.2) is 0 Å². The molecule has 0 unspecified atom stereocenters. The molecule has 1 rings (SSSR count). The van der Waals surface area contributed by atoms with Crippen LogP contribution >= 0.6 is 24.0 Å². The third kappa shape index (κ3) is 3.94.